The molecule has 1 aromatic rings. The largest absolute Gasteiger partial charge is 0.497 e. The maximum Gasteiger partial charge on any atom is 0.308 e. The fourth-order valence-electron chi connectivity index (χ4n) is 11.5. The molecule has 2 bridgehead atoms. The van der Waals surface area contributed by atoms with Crippen molar-refractivity contribution < 1.29 is 43.4 Å². The maximum absolute atomic E-state index is 13.2. The van der Waals surface area contributed by atoms with E-state index in [1.54, 1.807) is 7.11 Å². The Morgan fingerprint density at radius 1 is 1.00 bits per heavy atom. The lowest BCUT2D eigenvalue weighted by molar-refractivity contribution is -0.576. The molecule has 1 spiro atoms. The van der Waals surface area contributed by atoms with Crippen molar-refractivity contribution in [2.45, 2.75) is 140 Å². The van der Waals surface area contributed by atoms with Crippen LogP contribution in [0.5, 0.6) is 5.75 Å². The summed E-state index contributed by atoms with van der Waals surface area (Å²) in [6.07, 6.45) is 6.24. The average molecular weight is 668 g/mol. The van der Waals surface area contributed by atoms with E-state index in [1.165, 1.54) is 11.1 Å². The Kier molecular flexibility index (Phi) is 8.19. The minimum atomic E-state index is -0.902. The third-order valence-corrected chi connectivity index (χ3v) is 14.2. The molecule has 48 heavy (non-hydrogen) atoms. The molecule has 264 valence electrons. The Balaban J connectivity index is 0.878. The first-order valence-corrected chi connectivity index (χ1v) is 18.5. The lowest BCUT2D eigenvalue weighted by atomic mass is 9.55. The van der Waals surface area contributed by atoms with Gasteiger partial charge in [-0.25, -0.2) is 9.78 Å². The molecule has 0 radical (unpaired) electrons. The fraction of sp³-hybridized carbons (Fsp3) is 0.789. The van der Waals surface area contributed by atoms with Gasteiger partial charge in [-0.3, -0.25) is 9.59 Å². The zero-order valence-electron chi connectivity index (χ0n) is 29.1. The third-order valence-electron chi connectivity index (χ3n) is 14.2. The minimum Gasteiger partial charge on any atom is -0.497 e. The molecule has 10 heteroatoms. The summed E-state index contributed by atoms with van der Waals surface area (Å²) in [7, 11) is 1.71. The molecule has 2 N–H and O–H groups in total. The van der Waals surface area contributed by atoms with Crippen molar-refractivity contribution in [3.05, 3.63) is 29.3 Å². The predicted octanol–water partition coefficient (Wildman–Crippen LogP) is 5.54. The third kappa shape index (κ3) is 5.06. The highest BCUT2D eigenvalue weighted by Crippen LogP contribution is 2.62. The molecule has 10 nitrogen and oxygen atoms in total. The second kappa shape index (κ2) is 11.9. The van der Waals surface area contributed by atoms with Crippen molar-refractivity contribution >= 4 is 11.9 Å². The number of esters is 1. The molecule has 1 aromatic carbocycles. The standard InChI is InChI=1S/C38H53NO9/c1-20-6-11-28-21(2)34(45-35-38(28)27(20)15-17-37(4,46-35)47-48-38)44-32(41)13-12-31(40)39-30-19-29-26-9-7-22-18-23(43-5)8-10-24(22)25(26)14-16-36(29,3)33(30)42/h8,10,18,20-21,25-30,33-35,42H,6-7,9,11-17,19H2,1-5H3,(H,39,40)/t20-,21-,25-,26-,27+,28+,29+,30-,33+,34-,35-,36+,37-,38-/m1/s1. The number of ether oxygens (including phenoxy) is 4. The number of nitrogens with one attached hydrogen (secondary N) is 1. The molecule has 14 atom stereocenters. The number of hydrogen-bond donors (Lipinski definition) is 2. The number of aryl methyl sites for hydroxylation is 1. The molecule has 8 aliphatic rings. The smallest absolute Gasteiger partial charge is 0.308 e. The molecular weight excluding hydrogens is 614 g/mol. The number of carbonyl (C=O) groups excluding carboxylic acids is 2. The van der Waals surface area contributed by atoms with Gasteiger partial charge in [0.05, 0.1) is 25.7 Å². The van der Waals surface area contributed by atoms with Gasteiger partial charge in [0.15, 0.2) is 11.9 Å². The molecule has 0 unspecified atom stereocenters. The second-order valence-electron chi connectivity index (χ2n) is 16.6. The first-order chi connectivity index (χ1) is 23.0. The molecule has 0 aromatic heterocycles. The summed E-state index contributed by atoms with van der Waals surface area (Å²) in [5, 5.41) is 14.7. The van der Waals surface area contributed by atoms with Gasteiger partial charge in [0.2, 0.25) is 18.0 Å². The van der Waals surface area contributed by atoms with Crippen LogP contribution in [0.2, 0.25) is 0 Å². The first-order valence-electron chi connectivity index (χ1n) is 18.5. The summed E-state index contributed by atoms with van der Waals surface area (Å²) < 4.78 is 24.1. The van der Waals surface area contributed by atoms with Crippen LogP contribution in [0.15, 0.2) is 18.2 Å². The molecule has 9 rings (SSSR count). The zero-order chi connectivity index (χ0) is 33.6. The number of fused-ring (bicyclic) bond motifs is 7. The van der Waals surface area contributed by atoms with Gasteiger partial charge in [-0.15, -0.1) is 0 Å². The topological polar surface area (TPSA) is 122 Å². The number of carbonyl (C=O) groups is 2. The Bertz CT molecular complexity index is 1440. The van der Waals surface area contributed by atoms with Crippen LogP contribution in [0.4, 0.5) is 0 Å². The summed E-state index contributed by atoms with van der Waals surface area (Å²) in [4.78, 5) is 38.4. The summed E-state index contributed by atoms with van der Waals surface area (Å²) in [6.45, 7) is 8.39. The highest BCUT2D eigenvalue weighted by atomic mass is 17.3. The summed E-state index contributed by atoms with van der Waals surface area (Å²) >= 11 is 0. The van der Waals surface area contributed by atoms with Gasteiger partial charge in [-0.05, 0) is 117 Å². The maximum atomic E-state index is 13.2. The fourth-order valence-corrected chi connectivity index (χ4v) is 11.5. The summed E-state index contributed by atoms with van der Waals surface area (Å²) in [6, 6.07) is 6.15. The van der Waals surface area contributed by atoms with Gasteiger partial charge in [0, 0.05) is 24.7 Å². The Morgan fingerprint density at radius 3 is 2.65 bits per heavy atom. The van der Waals surface area contributed by atoms with Crippen molar-refractivity contribution in [3.8, 4) is 5.75 Å². The van der Waals surface area contributed by atoms with Gasteiger partial charge >= 0.3 is 5.97 Å². The van der Waals surface area contributed by atoms with E-state index < -0.39 is 36.0 Å². The van der Waals surface area contributed by atoms with Crippen LogP contribution < -0.4 is 10.1 Å². The van der Waals surface area contributed by atoms with Crippen LogP contribution in [0.1, 0.15) is 109 Å². The SMILES string of the molecule is COc1ccc2c(c1)CC[C@@H]1[C@@H]2CC[C@]2(C)[C@@H](O)[C@H](NC(=O)CCC(=O)O[C@@H]3O[C@@H]4O[C@@]5(C)CC[C@H]6[C@H](C)CC[C@@H]([C@H]3C)[C@@]46OO5)C[C@@H]12. The van der Waals surface area contributed by atoms with Gasteiger partial charge in [0.1, 0.15) is 5.75 Å². The molecule has 3 saturated carbocycles. The zero-order valence-corrected chi connectivity index (χ0v) is 29.1. The van der Waals surface area contributed by atoms with E-state index in [0.29, 0.717) is 30.1 Å². The summed E-state index contributed by atoms with van der Waals surface area (Å²) in [5.74, 6) is 1.16. The van der Waals surface area contributed by atoms with Crippen LogP contribution in [0.3, 0.4) is 0 Å². The molecule has 4 aliphatic carbocycles. The van der Waals surface area contributed by atoms with Crippen LogP contribution in [-0.4, -0.2) is 60.2 Å². The van der Waals surface area contributed by atoms with E-state index in [-0.39, 0.29) is 48.0 Å². The number of benzene rings is 1. The summed E-state index contributed by atoms with van der Waals surface area (Å²) in [5.41, 5.74) is 1.84. The minimum absolute atomic E-state index is 0.00625. The van der Waals surface area contributed by atoms with Crippen molar-refractivity contribution in [2.75, 3.05) is 7.11 Å². The van der Waals surface area contributed by atoms with E-state index in [0.717, 1.165) is 57.1 Å². The number of aliphatic hydroxyl groups excluding tert-OH is 1. The lowest BCUT2D eigenvalue weighted by Gasteiger charge is -2.59. The molecule has 4 aliphatic heterocycles. The first kappa shape index (κ1) is 32.9. The van der Waals surface area contributed by atoms with Gasteiger partial charge in [-0.2, -0.15) is 0 Å². The van der Waals surface area contributed by atoms with Crippen LogP contribution in [-0.2, 0) is 40.0 Å². The van der Waals surface area contributed by atoms with Crippen molar-refractivity contribution in [1.82, 2.24) is 5.32 Å². The molecular formula is C38H53NO9. The molecule has 7 fully saturated rings. The normalized spacial score (nSPS) is 47.1. The van der Waals surface area contributed by atoms with Crippen molar-refractivity contribution in [2.24, 2.45) is 40.9 Å². The molecule has 4 heterocycles. The van der Waals surface area contributed by atoms with Gasteiger partial charge in [-0.1, -0.05) is 26.8 Å². The van der Waals surface area contributed by atoms with E-state index in [4.69, 9.17) is 28.7 Å². The quantitative estimate of drug-likeness (QED) is 0.298. The Hall–Kier alpha value is -2.24. The number of amides is 1. The van der Waals surface area contributed by atoms with Crippen molar-refractivity contribution in [3.63, 3.8) is 0 Å². The van der Waals surface area contributed by atoms with E-state index >= 15 is 0 Å². The molecule has 1 amide bonds. The number of rotatable bonds is 6. The lowest BCUT2D eigenvalue weighted by Crippen LogP contribution is -2.70. The van der Waals surface area contributed by atoms with E-state index in [1.807, 2.05) is 13.8 Å². The Morgan fingerprint density at radius 2 is 1.83 bits per heavy atom. The number of aliphatic hydroxyl groups is 1. The van der Waals surface area contributed by atoms with Crippen LogP contribution >= 0.6 is 0 Å². The highest BCUT2D eigenvalue weighted by Gasteiger charge is 2.70. The second-order valence-corrected chi connectivity index (χ2v) is 16.6. The van der Waals surface area contributed by atoms with Gasteiger partial charge < -0.3 is 29.4 Å². The average Bonchev–Trinajstić information content (AvgIpc) is 3.16. The number of hydrogen-bond acceptors (Lipinski definition) is 9. The van der Waals surface area contributed by atoms with E-state index in [2.05, 4.69) is 37.4 Å². The van der Waals surface area contributed by atoms with Crippen molar-refractivity contribution in [1.29, 1.82) is 0 Å². The monoisotopic (exact) mass is 667 g/mol. The van der Waals surface area contributed by atoms with Crippen LogP contribution in [0.25, 0.3) is 0 Å². The Labute approximate surface area is 283 Å². The predicted molar refractivity (Wildman–Crippen MR) is 173 cm³/mol. The highest BCUT2D eigenvalue weighted by molar-refractivity contribution is 5.81. The van der Waals surface area contributed by atoms with Gasteiger partial charge in [0.25, 0.3) is 0 Å². The van der Waals surface area contributed by atoms with Crippen LogP contribution in [0, 0.1) is 40.9 Å². The molecule has 4 saturated heterocycles. The number of methoxy groups -OCH3 is 1. The van der Waals surface area contributed by atoms with E-state index in [9.17, 15) is 14.7 Å².